The topological polar surface area (TPSA) is 35.5 Å². The van der Waals surface area contributed by atoms with Crippen molar-refractivity contribution in [2.75, 3.05) is 7.11 Å². The zero-order valence-corrected chi connectivity index (χ0v) is 7.50. The molecular formula is C9H14O3. The maximum Gasteiger partial charge on any atom is 0.508 e. The summed E-state index contributed by atoms with van der Waals surface area (Å²) in [4.78, 5) is 10.7. The van der Waals surface area contributed by atoms with Crippen molar-refractivity contribution in [1.29, 1.82) is 0 Å². The minimum Gasteiger partial charge on any atom is -0.438 e. The van der Waals surface area contributed by atoms with Crippen LogP contribution in [0.3, 0.4) is 0 Å². The van der Waals surface area contributed by atoms with Crippen molar-refractivity contribution in [3.63, 3.8) is 0 Å². The fourth-order valence-corrected chi connectivity index (χ4v) is 1.33. The molecule has 68 valence electrons. The lowest BCUT2D eigenvalue weighted by Gasteiger charge is -2.18. The van der Waals surface area contributed by atoms with Gasteiger partial charge in [0.05, 0.1) is 7.11 Å². The van der Waals surface area contributed by atoms with Gasteiger partial charge in [-0.25, -0.2) is 4.79 Å². The second kappa shape index (κ2) is 4.14. The van der Waals surface area contributed by atoms with Crippen LogP contribution >= 0.6 is 0 Å². The molecule has 0 saturated heterocycles. The molecule has 0 aromatic carbocycles. The Kier molecular flexibility index (Phi) is 3.14. The second-order valence-electron chi connectivity index (χ2n) is 3.02. The molecular weight excluding hydrogens is 156 g/mol. The summed E-state index contributed by atoms with van der Waals surface area (Å²) in [5.41, 5.74) is 1.29. The number of ether oxygens (including phenoxy) is 2. The molecule has 0 radical (unpaired) electrons. The third-order valence-electron chi connectivity index (χ3n) is 1.94. The highest BCUT2D eigenvalue weighted by Crippen LogP contribution is 2.19. The summed E-state index contributed by atoms with van der Waals surface area (Å²) in [6.45, 7) is 2.05. The van der Waals surface area contributed by atoms with E-state index in [2.05, 4.69) is 4.74 Å². The van der Waals surface area contributed by atoms with E-state index in [1.807, 2.05) is 13.0 Å². The third kappa shape index (κ3) is 2.57. The second-order valence-corrected chi connectivity index (χ2v) is 3.02. The first-order chi connectivity index (χ1) is 5.72. The monoisotopic (exact) mass is 170 g/mol. The van der Waals surface area contributed by atoms with Gasteiger partial charge in [-0.05, 0) is 32.3 Å². The van der Waals surface area contributed by atoms with E-state index in [0.29, 0.717) is 0 Å². The number of carbonyl (C=O) groups is 1. The highest BCUT2D eigenvalue weighted by molar-refractivity contribution is 5.60. The van der Waals surface area contributed by atoms with Gasteiger partial charge < -0.3 is 9.47 Å². The number of hydrogen-bond acceptors (Lipinski definition) is 3. The van der Waals surface area contributed by atoms with Gasteiger partial charge in [-0.15, -0.1) is 0 Å². The molecule has 0 heterocycles. The zero-order valence-electron chi connectivity index (χ0n) is 7.50. The molecule has 0 saturated carbocycles. The summed E-state index contributed by atoms with van der Waals surface area (Å²) in [5.74, 6) is 0. The van der Waals surface area contributed by atoms with E-state index in [1.54, 1.807) is 0 Å². The van der Waals surface area contributed by atoms with Gasteiger partial charge in [-0.1, -0.05) is 5.57 Å². The molecule has 3 heteroatoms. The normalized spacial score (nSPS) is 22.8. The number of rotatable bonds is 1. The fraction of sp³-hybridized carbons (Fsp3) is 0.667. The Bertz CT molecular complexity index is 196. The van der Waals surface area contributed by atoms with Crippen LogP contribution in [0, 0.1) is 0 Å². The van der Waals surface area contributed by atoms with Gasteiger partial charge in [0.25, 0.3) is 0 Å². The molecule has 0 spiro atoms. The summed E-state index contributed by atoms with van der Waals surface area (Å²) < 4.78 is 9.37. The molecule has 0 aromatic heterocycles. The third-order valence-corrected chi connectivity index (χ3v) is 1.94. The van der Waals surface area contributed by atoms with Crippen LogP contribution in [-0.2, 0) is 9.47 Å². The van der Waals surface area contributed by atoms with Crippen LogP contribution in [-0.4, -0.2) is 19.4 Å². The standard InChI is InChI=1S/C9H14O3/c1-7-4-3-5-8(6-7)12-9(10)11-2/h6,8H,3-5H2,1-2H3. The molecule has 0 amide bonds. The van der Waals surface area contributed by atoms with Gasteiger partial charge in [0, 0.05) is 0 Å². The van der Waals surface area contributed by atoms with Crippen molar-refractivity contribution in [3.8, 4) is 0 Å². The van der Waals surface area contributed by atoms with E-state index in [4.69, 9.17) is 4.74 Å². The van der Waals surface area contributed by atoms with Crippen molar-refractivity contribution in [2.45, 2.75) is 32.3 Å². The Balaban J connectivity index is 2.42. The van der Waals surface area contributed by atoms with Gasteiger partial charge in [0.15, 0.2) is 0 Å². The Morgan fingerprint density at radius 1 is 1.67 bits per heavy atom. The molecule has 0 aliphatic heterocycles. The van der Waals surface area contributed by atoms with E-state index < -0.39 is 6.16 Å². The first-order valence-corrected chi connectivity index (χ1v) is 4.14. The van der Waals surface area contributed by atoms with Crippen molar-refractivity contribution in [1.82, 2.24) is 0 Å². The van der Waals surface area contributed by atoms with Crippen molar-refractivity contribution in [2.24, 2.45) is 0 Å². The molecule has 1 rings (SSSR count). The van der Waals surface area contributed by atoms with E-state index in [0.717, 1.165) is 19.3 Å². The van der Waals surface area contributed by atoms with Crippen LogP contribution in [0.5, 0.6) is 0 Å². The summed E-state index contributed by atoms with van der Waals surface area (Å²) in [5, 5.41) is 0. The van der Waals surface area contributed by atoms with Gasteiger partial charge in [-0.3, -0.25) is 0 Å². The van der Waals surface area contributed by atoms with E-state index >= 15 is 0 Å². The van der Waals surface area contributed by atoms with E-state index in [-0.39, 0.29) is 6.10 Å². The molecule has 3 nitrogen and oxygen atoms in total. The number of hydrogen-bond donors (Lipinski definition) is 0. The fourth-order valence-electron chi connectivity index (χ4n) is 1.33. The van der Waals surface area contributed by atoms with Crippen molar-refractivity contribution in [3.05, 3.63) is 11.6 Å². The summed E-state index contributed by atoms with van der Waals surface area (Å²) >= 11 is 0. The average molecular weight is 170 g/mol. The Labute approximate surface area is 72.4 Å². The lowest BCUT2D eigenvalue weighted by molar-refractivity contribution is 0.0477. The molecule has 0 fully saturated rings. The Morgan fingerprint density at radius 3 is 3.00 bits per heavy atom. The summed E-state index contributed by atoms with van der Waals surface area (Å²) in [6.07, 6.45) is 4.43. The van der Waals surface area contributed by atoms with Crippen LogP contribution in [0.1, 0.15) is 26.2 Å². The predicted molar refractivity (Wildman–Crippen MR) is 44.9 cm³/mol. The van der Waals surface area contributed by atoms with Crippen LogP contribution in [0.15, 0.2) is 11.6 Å². The van der Waals surface area contributed by atoms with E-state index in [1.165, 1.54) is 12.7 Å². The quantitative estimate of drug-likeness (QED) is 0.447. The number of methoxy groups -OCH3 is 1. The van der Waals surface area contributed by atoms with Gasteiger partial charge in [0.2, 0.25) is 0 Å². The van der Waals surface area contributed by atoms with Crippen molar-refractivity contribution < 1.29 is 14.3 Å². The minimum atomic E-state index is -0.592. The predicted octanol–water partition coefficient (Wildman–Crippen LogP) is 2.27. The molecule has 1 aliphatic carbocycles. The smallest absolute Gasteiger partial charge is 0.438 e. The number of carbonyl (C=O) groups excluding carboxylic acids is 1. The molecule has 0 bridgehead atoms. The molecule has 12 heavy (non-hydrogen) atoms. The zero-order chi connectivity index (χ0) is 8.97. The highest BCUT2D eigenvalue weighted by Gasteiger charge is 2.15. The van der Waals surface area contributed by atoms with Crippen LogP contribution in [0.25, 0.3) is 0 Å². The molecule has 1 aliphatic rings. The maximum absolute atomic E-state index is 10.7. The SMILES string of the molecule is COC(=O)OC1C=C(C)CCC1. The Hall–Kier alpha value is -0.990. The van der Waals surface area contributed by atoms with Crippen LogP contribution in [0.2, 0.25) is 0 Å². The van der Waals surface area contributed by atoms with E-state index in [9.17, 15) is 4.79 Å². The first-order valence-electron chi connectivity index (χ1n) is 4.14. The van der Waals surface area contributed by atoms with Crippen LogP contribution in [0.4, 0.5) is 4.79 Å². The van der Waals surface area contributed by atoms with Gasteiger partial charge >= 0.3 is 6.16 Å². The first kappa shape index (κ1) is 9.10. The summed E-state index contributed by atoms with van der Waals surface area (Å²) in [6, 6.07) is 0. The molecule has 0 aromatic rings. The maximum atomic E-state index is 10.7. The lowest BCUT2D eigenvalue weighted by Crippen LogP contribution is -2.18. The Morgan fingerprint density at radius 2 is 2.42 bits per heavy atom. The lowest BCUT2D eigenvalue weighted by atomic mass is 9.99. The summed E-state index contributed by atoms with van der Waals surface area (Å²) in [7, 11) is 1.32. The minimum absolute atomic E-state index is 0.0776. The van der Waals surface area contributed by atoms with Gasteiger partial charge in [-0.2, -0.15) is 0 Å². The largest absolute Gasteiger partial charge is 0.508 e. The highest BCUT2D eigenvalue weighted by atomic mass is 16.7. The van der Waals surface area contributed by atoms with Crippen molar-refractivity contribution >= 4 is 6.16 Å². The van der Waals surface area contributed by atoms with Gasteiger partial charge in [0.1, 0.15) is 6.10 Å². The molecule has 1 unspecified atom stereocenters. The average Bonchev–Trinajstić information content (AvgIpc) is 2.04. The molecule has 1 atom stereocenters. The van der Waals surface area contributed by atoms with Crippen LogP contribution < -0.4 is 0 Å². The molecule has 0 N–H and O–H groups in total. The number of allylic oxidation sites excluding steroid dienone is 1.